The maximum absolute atomic E-state index is 12.4. The summed E-state index contributed by atoms with van der Waals surface area (Å²) in [5, 5.41) is 9.70. The SMILES string of the molecule is CCC(C(=O)OC(=O)OCc1ccccc1)[C@H](CO)Cc1cncn1C. The van der Waals surface area contributed by atoms with Gasteiger partial charge in [-0.25, -0.2) is 9.78 Å². The first-order valence-electron chi connectivity index (χ1n) is 8.53. The topological polar surface area (TPSA) is 90.7 Å². The lowest BCUT2D eigenvalue weighted by atomic mass is 9.87. The monoisotopic (exact) mass is 360 g/mol. The fourth-order valence-corrected chi connectivity index (χ4v) is 2.78. The van der Waals surface area contributed by atoms with Gasteiger partial charge in [0.2, 0.25) is 0 Å². The molecule has 1 unspecified atom stereocenters. The van der Waals surface area contributed by atoms with Crippen molar-refractivity contribution in [2.24, 2.45) is 18.9 Å². The molecule has 0 aliphatic carbocycles. The first-order chi connectivity index (χ1) is 12.5. The van der Waals surface area contributed by atoms with E-state index in [0.717, 1.165) is 11.3 Å². The Kier molecular flexibility index (Phi) is 7.35. The minimum atomic E-state index is -1.03. The lowest BCUT2D eigenvalue weighted by Gasteiger charge is -2.22. The summed E-state index contributed by atoms with van der Waals surface area (Å²) in [7, 11) is 1.84. The number of rotatable bonds is 8. The van der Waals surface area contributed by atoms with Crippen molar-refractivity contribution in [3.63, 3.8) is 0 Å². The number of imidazole rings is 1. The number of benzene rings is 1. The number of ether oxygens (including phenoxy) is 2. The molecule has 0 aliphatic rings. The summed E-state index contributed by atoms with van der Waals surface area (Å²) in [5.41, 5.74) is 1.69. The molecule has 2 aromatic rings. The molecule has 26 heavy (non-hydrogen) atoms. The van der Waals surface area contributed by atoms with Gasteiger partial charge in [-0.15, -0.1) is 0 Å². The Bertz CT molecular complexity index is 714. The summed E-state index contributed by atoms with van der Waals surface area (Å²) in [6.07, 6.45) is 3.21. The average Bonchev–Trinajstić information content (AvgIpc) is 3.05. The zero-order valence-electron chi connectivity index (χ0n) is 15.0. The molecule has 7 heteroatoms. The van der Waals surface area contributed by atoms with E-state index < -0.39 is 18.0 Å². The van der Waals surface area contributed by atoms with E-state index in [1.54, 1.807) is 24.7 Å². The average molecular weight is 360 g/mol. The predicted molar refractivity (Wildman–Crippen MR) is 94.0 cm³/mol. The maximum atomic E-state index is 12.4. The summed E-state index contributed by atoms with van der Waals surface area (Å²) < 4.78 is 11.6. The molecule has 2 atom stereocenters. The molecule has 0 radical (unpaired) electrons. The van der Waals surface area contributed by atoms with Gasteiger partial charge in [-0.3, -0.25) is 4.79 Å². The van der Waals surface area contributed by atoms with Gasteiger partial charge in [0.1, 0.15) is 6.61 Å². The smallest absolute Gasteiger partial charge is 0.429 e. The third-order valence-corrected chi connectivity index (χ3v) is 4.32. The van der Waals surface area contributed by atoms with Gasteiger partial charge >= 0.3 is 12.1 Å². The highest BCUT2D eigenvalue weighted by atomic mass is 16.7. The van der Waals surface area contributed by atoms with Crippen molar-refractivity contribution in [1.29, 1.82) is 0 Å². The van der Waals surface area contributed by atoms with E-state index in [9.17, 15) is 14.7 Å². The fraction of sp³-hybridized carbons (Fsp3) is 0.421. The minimum absolute atomic E-state index is 0.0300. The summed E-state index contributed by atoms with van der Waals surface area (Å²) in [5.74, 6) is -1.67. The maximum Gasteiger partial charge on any atom is 0.516 e. The molecule has 1 N–H and O–H groups in total. The van der Waals surface area contributed by atoms with Crippen LogP contribution in [-0.2, 0) is 34.3 Å². The third-order valence-electron chi connectivity index (χ3n) is 4.32. The van der Waals surface area contributed by atoms with Crippen molar-refractivity contribution in [3.05, 3.63) is 54.1 Å². The van der Waals surface area contributed by atoms with E-state index in [4.69, 9.17) is 9.47 Å². The second kappa shape index (κ2) is 9.72. The van der Waals surface area contributed by atoms with Gasteiger partial charge in [-0.1, -0.05) is 37.3 Å². The Hall–Kier alpha value is -2.67. The summed E-state index contributed by atoms with van der Waals surface area (Å²) >= 11 is 0. The molecule has 0 saturated carbocycles. The lowest BCUT2D eigenvalue weighted by molar-refractivity contribution is -0.147. The van der Waals surface area contributed by atoms with Crippen molar-refractivity contribution >= 4 is 12.1 Å². The number of aryl methyl sites for hydroxylation is 1. The molecule has 1 aromatic heterocycles. The van der Waals surface area contributed by atoms with Crippen molar-refractivity contribution < 1.29 is 24.2 Å². The number of hydrogen-bond donors (Lipinski definition) is 1. The number of aliphatic hydroxyl groups is 1. The predicted octanol–water partition coefficient (Wildman–Crippen LogP) is 2.48. The van der Waals surface area contributed by atoms with Gasteiger partial charge in [-0.2, -0.15) is 0 Å². The molecule has 1 heterocycles. The van der Waals surface area contributed by atoms with Crippen LogP contribution in [-0.4, -0.2) is 33.4 Å². The van der Waals surface area contributed by atoms with Crippen LogP contribution in [0, 0.1) is 11.8 Å². The highest BCUT2D eigenvalue weighted by Crippen LogP contribution is 2.22. The number of hydrogen-bond acceptors (Lipinski definition) is 6. The van der Waals surface area contributed by atoms with E-state index in [0.29, 0.717) is 12.8 Å². The summed E-state index contributed by atoms with van der Waals surface area (Å²) in [4.78, 5) is 28.2. The summed E-state index contributed by atoms with van der Waals surface area (Å²) in [6.45, 7) is 1.65. The fourth-order valence-electron chi connectivity index (χ4n) is 2.78. The van der Waals surface area contributed by atoms with Crippen LogP contribution in [0.15, 0.2) is 42.9 Å². The van der Waals surface area contributed by atoms with Crippen molar-refractivity contribution in [2.45, 2.75) is 26.4 Å². The highest BCUT2D eigenvalue weighted by Gasteiger charge is 2.30. The lowest BCUT2D eigenvalue weighted by Crippen LogP contribution is -2.31. The number of carbonyl (C=O) groups is 2. The van der Waals surface area contributed by atoms with Crippen molar-refractivity contribution in [3.8, 4) is 0 Å². The van der Waals surface area contributed by atoms with Crippen molar-refractivity contribution in [1.82, 2.24) is 9.55 Å². The molecular weight excluding hydrogens is 336 g/mol. The van der Waals surface area contributed by atoms with Crippen molar-refractivity contribution in [2.75, 3.05) is 6.61 Å². The molecule has 2 rings (SSSR count). The molecule has 140 valence electrons. The number of aliphatic hydroxyl groups excluding tert-OH is 1. The van der Waals surface area contributed by atoms with Gasteiger partial charge in [-0.05, 0) is 18.4 Å². The molecule has 0 spiro atoms. The third kappa shape index (κ3) is 5.42. The van der Waals surface area contributed by atoms with Crippen LogP contribution in [0.5, 0.6) is 0 Å². The minimum Gasteiger partial charge on any atom is -0.429 e. The zero-order valence-corrected chi connectivity index (χ0v) is 15.0. The van der Waals surface area contributed by atoms with E-state index >= 15 is 0 Å². The molecule has 1 aromatic carbocycles. The van der Waals surface area contributed by atoms with Crippen LogP contribution >= 0.6 is 0 Å². The van der Waals surface area contributed by atoms with Gasteiger partial charge in [0.15, 0.2) is 0 Å². The van der Waals surface area contributed by atoms with Gasteiger partial charge in [0.05, 0.1) is 12.2 Å². The standard InChI is InChI=1S/C19H24N2O5/c1-3-17(15(11-22)9-16-10-20-13-21(16)2)18(23)26-19(24)25-12-14-7-5-4-6-8-14/h4-8,10,13,15,17,22H,3,9,11-12H2,1-2H3/t15-,17?/m0/s1. The number of nitrogens with zero attached hydrogens (tertiary/aromatic N) is 2. The molecule has 7 nitrogen and oxygen atoms in total. The summed E-state index contributed by atoms with van der Waals surface area (Å²) in [6, 6.07) is 9.12. The number of aromatic nitrogens is 2. The second-order valence-electron chi connectivity index (χ2n) is 6.10. The zero-order chi connectivity index (χ0) is 18.9. The molecule has 0 fully saturated rings. The van der Waals surface area contributed by atoms with E-state index in [2.05, 4.69) is 4.98 Å². The molecule has 0 bridgehead atoms. The second-order valence-corrected chi connectivity index (χ2v) is 6.10. The van der Waals surface area contributed by atoms with E-state index in [1.807, 2.05) is 36.7 Å². The molecule has 0 saturated heterocycles. The Morgan fingerprint density at radius 1 is 1.27 bits per heavy atom. The van der Waals surface area contributed by atoms with E-state index in [1.165, 1.54) is 0 Å². The normalized spacial score (nSPS) is 13.0. The number of carbonyl (C=O) groups excluding carboxylic acids is 2. The van der Waals surface area contributed by atoms with Crippen LogP contribution in [0.1, 0.15) is 24.6 Å². The Labute approximate surface area is 152 Å². The van der Waals surface area contributed by atoms with Crippen LogP contribution in [0.2, 0.25) is 0 Å². The Morgan fingerprint density at radius 3 is 2.58 bits per heavy atom. The van der Waals surface area contributed by atoms with Gasteiger partial charge in [0, 0.05) is 31.5 Å². The van der Waals surface area contributed by atoms with Crippen LogP contribution in [0.4, 0.5) is 4.79 Å². The molecule has 0 amide bonds. The first kappa shape index (κ1) is 19.7. The van der Waals surface area contributed by atoms with Gasteiger partial charge < -0.3 is 19.1 Å². The molecular formula is C19H24N2O5. The van der Waals surface area contributed by atoms with Crippen LogP contribution in [0.25, 0.3) is 0 Å². The number of esters is 1. The first-order valence-corrected chi connectivity index (χ1v) is 8.53. The largest absolute Gasteiger partial charge is 0.516 e. The van der Waals surface area contributed by atoms with Crippen LogP contribution < -0.4 is 0 Å². The molecule has 0 aliphatic heterocycles. The Balaban J connectivity index is 1.91. The highest BCUT2D eigenvalue weighted by molar-refractivity contribution is 5.83. The van der Waals surface area contributed by atoms with Crippen LogP contribution in [0.3, 0.4) is 0 Å². The van der Waals surface area contributed by atoms with Gasteiger partial charge in [0.25, 0.3) is 0 Å². The van der Waals surface area contributed by atoms with E-state index in [-0.39, 0.29) is 19.1 Å². The Morgan fingerprint density at radius 2 is 2.00 bits per heavy atom. The quantitative estimate of drug-likeness (QED) is 0.574.